The topological polar surface area (TPSA) is 94.5 Å². The largest absolute Gasteiger partial charge is 0.507 e. The molecule has 2 aromatic carbocycles. The third kappa shape index (κ3) is 4.84. The SMILES string of the molecule is COCCN1C(=O)C(=O)/C(=C(/O)c2cc(C(C)(C)C)ccc2OC)C1c1cccc(OC)c1OC. The molecule has 0 bridgehead atoms. The van der Waals surface area contributed by atoms with Crippen molar-refractivity contribution in [3.05, 3.63) is 58.7 Å². The fraction of sp³-hybridized carbons (Fsp3) is 0.407. The van der Waals surface area contributed by atoms with Gasteiger partial charge in [-0.2, -0.15) is 0 Å². The minimum atomic E-state index is -0.918. The molecule has 0 aliphatic carbocycles. The number of likely N-dealkylation sites (tertiary alicyclic amines) is 1. The fourth-order valence-electron chi connectivity index (χ4n) is 4.26. The molecule has 1 saturated heterocycles. The van der Waals surface area contributed by atoms with Crippen LogP contribution >= 0.6 is 0 Å². The van der Waals surface area contributed by atoms with Gasteiger partial charge in [-0.05, 0) is 29.2 Å². The second kappa shape index (κ2) is 10.4. The number of aliphatic hydroxyl groups is 1. The minimum absolute atomic E-state index is 0.0537. The summed E-state index contributed by atoms with van der Waals surface area (Å²) in [4.78, 5) is 27.9. The lowest BCUT2D eigenvalue weighted by molar-refractivity contribution is -0.140. The Labute approximate surface area is 206 Å². The summed E-state index contributed by atoms with van der Waals surface area (Å²) in [6.07, 6.45) is 0. The number of hydrogen-bond donors (Lipinski definition) is 1. The Bertz CT molecular complexity index is 1150. The molecule has 35 heavy (non-hydrogen) atoms. The summed E-state index contributed by atoms with van der Waals surface area (Å²) in [5, 5.41) is 11.6. The first-order chi connectivity index (χ1) is 16.6. The number of carbonyl (C=O) groups excluding carboxylic acids is 2. The van der Waals surface area contributed by atoms with Gasteiger partial charge in [0, 0.05) is 19.2 Å². The quantitative estimate of drug-likeness (QED) is 0.343. The summed E-state index contributed by atoms with van der Waals surface area (Å²) in [5.74, 6) is -0.655. The molecular weight excluding hydrogens is 450 g/mol. The molecule has 0 aromatic heterocycles. The Balaban J connectivity index is 2.34. The maximum absolute atomic E-state index is 13.4. The van der Waals surface area contributed by atoms with Crippen LogP contribution in [0.1, 0.15) is 43.5 Å². The molecular formula is C27H33NO7. The Morgan fingerprint density at radius 3 is 2.23 bits per heavy atom. The van der Waals surface area contributed by atoms with E-state index in [2.05, 4.69) is 0 Å². The molecule has 1 aliphatic rings. The van der Waals surface area contributed by atoms with E-state index in [0.717, 1.165) is 5.56 Å². The van der Waals surface area contributed by atoms with Crippen molar-refractivity contribution in [3.8, 4) is 17.2 Å². The van der Waals surface area contributed by atoms with Crippen molar-refractivity contribution < 1.29 is 33.6 Å². The second-order valence-electron chi connectivity index (χ2n) is 9.23. The van der Waals surface area contributed by atoms with Crippen LogP contribution in [-0.2, 0) is 19.7 Å². The van der Waals surface area contributed by atoms with Gasteiger partial charge in [0.15, 0.2) is 11.5 Å². The van der Waals surface area contributed by atoms with Gasteiger partial charge in [-0.15, -0.1) is 0 Å². The first-order valence-corrected chi connectivity index (χ1v) is 11.3. The summed E-state index contributed by atoms with van der Waals surface area (Å²) in [6, 6.07) is 9.74. The average Bonchev–Trinajstić information content (AvgIpc) is 3.09. The highest BCUT2D eigenvalue weighted by molar-refractivity contribution is 6.46. The third-order valence-corrected chi connectivity index (χ3v) is 6.12. The summed E-state index contributed by atoms with van der Waals surface area (Å²) in [6.45, 7) is 6.48. The number of hydrogen-bond acceptors (Lipinski definition) is 7. The molecule has 1 amide bonds. The lowest BCUT2D eigenvalue weighted by Gasteiger charge is -2.27. The first kappa shape index (κ1) is 26.1. The molecule has 1 N–H and O–H groups in total. The Morgan fingerprint density at radius 2 is 1.66 bits per heavy atom. The van der Waals surface area contributed by atoms with Crippen LogP contribution in [0.25, 0.3) is 5.76 Å². The number of benzene rings is 2. The maximum Gasteiger partial charge on any atom is 0.295 e. The first-order valence-electron chi connectivity index (χ1n) is 11.3. The van der Waals surface area contributed by atoms with E-state index in [-0.39, 0.29) is 29.9 Å². The number of methoxy groups -OCH3 is 4. The number of rotatable bonds is 8. The molecule has 3 rings (SSSR count). The van der Waals surface area contributed by atoms with E-state index in [9.17, 15) is 14.7 Å². The highest BCUT2D eigenvalue weighted by Gasteiger charge is 2.47. The monoisotopic (exact) mass is 483 g/mol. The predicted molar refractivity (Wildman–Crippen MR) is 132 cm³/mol. The van der Waals surface area contributed by atoms with E-state index in [1.54, 1.807) is 30.3 Å². The lowest BCUT2D eigenvalue weighted by atomic mass is 9.85. The van der Waals surface area contributed by atoms with Gasteiger partial charge in [-0.25, -0.2) is 0 Å². The van der Waals surface area contributed by atoms with E-state index in [0.29, 0.717) is 28.4 Å². The zero-order valence-electron chi connectivity index (χ0n) is 21.3. The van der Waals surface area contributed by atoms with Gasteiger partial charge in [0.05, 0.1) is 45.1 Å². The van der Waals surface area contributed by atoms with Crippen LogP contribution in [-0.4, -0.2) is 63.3 Å². The van der Waals surface area contributed by atoms with Crippen molar-refractivity contribution >= 4 is 17.4 Å². The van der Waals surface area contributed by atoms with Crippen molar-refractivity contribution in [3.63, 3.8) is 0 Å². The molecule has 8 nitrogen and oxygen atoms in total. The van der Waals surface area contributed by atoms with E-state index in [1.165, 1.54) is 33.3 Å². The van der Waals surface area contributed by atoms with Gasteiger partial charge in [0.1, 0.15) is 11.5 Å². The molecule has 8 heteroatoms. The normalized spacial score (nSPS) is 17.6. The number of para-hydroxylation sites is 1. The predicted octanol–water partition coefficient (Wildman–Crippen LogP) is 4.08. The Hall–Kier alpha value is -3.52. The summed E-state index contributed by atoms with van der Waals surface area (Å²) in [5.41, 5.74) is 1.50. The number of nitrogens with zero attached hydrogens (tertiary/aromatic N) is 1. The molecule has 2 aromatic rings. The van der Waals surface area contributed by atoms with Gasteiger partial charge in [0.2, 0.25) is 0 Å². The van der Waals surface area contributed by atoms with E-state index >= 15 is 0 Å². The molecule has 1 aliphatic heterocycles. The molecule has 1 fully saturated rings. The average molecular weight is 484 g/mol. The zero-order valence-corrected chi connectivity index (χ0v) is 21.3. The number of ketones is 1. The van der Waals surface area contributed by atoms with Gasteiger partial charge >= 0.3 is 0 Å². The van der Waals surface area contributed by atoms with E-state index < -0.39 is 17.7 Å². The molecule has 0 spiro atoms. The Kier molecular flexibility index (Phi) is 7.75. The summed E-state index contributed by atoms with van der Waals surface area (Å²) < 4.78 is 21.7. The molecule has 1 atom stereocenters. The number of ether oxygens (including phenoxy) is 4. The number of aliphatic hydroxyl groups excluding tert-OH is 1. The van der Waals surface area contributed by atoms with Gasteiger partial charge in [-0.1, -0.05) is 39.0 Å². The standard InChI is InChI=1S/C27H33NO7/c1-27(2,3)16-11-12-19(33-5)18(15-16)23(29)21-22(28(13-14-32-4)26(31)24(21)30)17-9-8-10-20(34-6)25(17)35-7/h8-12,15,22,29H,13-14H2,1-7H3/b23-21+. The zero-order chi connectivity index (χ0) is 25.9. The molecule has 0 radical (unpaired) electrons. The summed E-state index contributed by atoms with van der Waals surface area (Å²) in [7, 11) is 5.99. The number of amides is 1. The van der Waals surface area contributed by atoms with Crippen LogP contribution < -0.4 is 14.2 Å². The van der Waals surface area contributed by atoms with Crippen molar-refractivity contribution in [2.75, 3.05) is 41.6 Å². The van der Waals surface area contributed by atoms with Crippen LogP contribution in [0.4, 0.5) is 0 Å². The summed E-state index contributed by atoms with van der Waals surface area (Å²) >= 11 is 0. The number of carbonyl (C=O) groups is 2. The van der Waals surface area contributed by atoms with Gasteiger partial charge in [-0.3, -0.25) is 9.59 Å². The van der Waals surface area contributed by atoms with Gasteiger partial charge < -0.3 is 29.0 Å². The van der Waals surface area contributed by atoms with Crippen molar-refractivity contribution in [1.29, 1.82) is 0 Å². The second-order valence-corrected chi connectivity index (χ2v) is 9.23. The lowest BCUT2D eigenvalue weighted by Crippen LogP contribution is -2.32. The van der Waals surface area contributed by atoms with E-state index in [1.807, 2.05) is 26.8 Å². The Morgan fingerprint density at radius 1 is 0.971 bits per heavy atom. The van der Waals surface area contributed by atoms with Crippen LogP contribution in [0, 0.1) is 0 Å². The van der Waals surface area contributed by atoms with Gasteiger partial charge in [0.25, 0.3) is 11.7 Å². The number of Topliss-reactive ketones (excluding diaryl/α,β-unsaturated/α-hetero) is 1. The molecule has 188 valence electrons. The molecule has 1 unspecified atom stereocenters. The molecule has 1 heterocycles. The van der Waals surface area contributed by atoms with Crippen LogP contribution in [0.2, 0.25) is 0 Å². The van der Waals surface area contributed by atoms with Crippen molar-refractivity contribution in [2.24, 2.45) is 0 Å². The maximum atomic E-state index is 13.4. The van der Waals surface area contributed by atoms with E-state index in [4.69, 9.17) is 18.9 Å². The van der Waals surface area contributed by atoms with Crippen LogP contribution in [0.3, 0.4) is 0 Å². The highest BCUT2D eigenvalue weighted by Crippen LogP contribution is 2.46. The smallest absolute Gasteiger partial charge is 0.295 e. The molecule has 0 saturated carbocycles. The van der Waals surface area contributed by atoms with Crippen molar-refractivity contribution in [2.45, 2.75) is 32.2 Å². The highest BCUT2D eigenvalue weighted by atomic mass is 16.5. The van der Waals surface area contributed by atoms with Crippen molar-refractivity contribution in [1.82, 2.24) is 4.90 Å². The van der Waals surface area contributed by atoms with Crippen LogP contribution in [0.15, 0.2) is 42.0 Å². The minimum Gasteiger partial charge on any atom is -0.507 e. The third-order valence-electron chi connectivity index (χ3n) is 6.12. The fourth-order valence-corrected chi connectivity index (χ4v) is 4.26. The van der Waals surface area contributed by atoms with Crippen LogP contribution in [0.5, 0.6) is 17.2 Å².